The smallest absolute Gasteiger partial charge is 0.217 e. The van der Waals surface area contributed by atoms with E-state index in [-0.39, 0.29) is 5.41 Å². The molecule has 0 atom stereocenters. The summed E-state index contributed by atoms with van der Waals surface area (Å²) in [5.41, 5.74) is -0.0860. The number of rotatable bonds is 5. The van der Waals surface area contributed by atoms with Crippen LogP contribution >= 0.6 is 0 Å². The molecule has 0 unspecified atom stereocenters. The Balaban J connectivity index is 1.93. The number of furan rings is 1. The fourth-order valence-corrected chi connectivity index (χ4v) is 1.81. The highest BCUT2D eigenvalue weighted by Gasteiger charge is 2.37. The molecule has 2 heterocycles. The van der Waals surface area contributed by atoms with E-state index in [1.807, 2.05) is 12.1 Å². The third-order valence-electron chi connectivity index (χ3n) is 3.11. The monoisotopic (exact) mass is 238 g/mol. The zero-order valence-corrected chi connectivity index (χ0v) is 10.1. The van der Waals surface area contributed by atoms with E-state index in [4.69, 9.17) is 18.6 Å². The van der Waals surface area contributed by atoms with E-state index < -0.39 is 6.29 Å². The largest absolute Gasteiger partial charge is 0.501 e. The first-order valence-corrected chi connectivity index (χ1v) is 5.79. The Morgan fingerprint density at radius 3 is 2.82 bits per heavy atom. The average molecular weight is 238 g/mol. The van der Waals surface area contributed by atoms with E-state index in [1.165, 1.54) is 6.26 Å². The van der Waals surface area contributed by atoms with E-state index in [1.54, 1.807) is 6.26 Å². The molecule has 0 aromatic carbocycles. The van der Waals surface area contributed by atoms with Gasteiger partial charge in [0, 0.05) is 0 Å². The van der Waals surface area contributed by atoms with Gasteiger partial charge < -0.3 is 18.6 Å². The van der Waals surface area contributed by atoms with Gasteiger partial charge in [-0.2, -0.15) is 0 Å². The van der Waals surface area contributed by atoms with Crippen LogP contribution in [0.5, 0.6) is 0 Å². The summed E-state index contributed by atoms with van der Waals surface area (Å²) < 4.78 is 21.9. The number of hydrogen-bond acceptors (Lipinski definition) is 4. The van der Waals surface area contributed by atoms with Crippen LogP contribution in [0.4, 0.5) is 0 Å². The second-order valence-corrected chi connectivity index (χ2v) is 4.30. The van der Waals surface area contributed by atoms with E-state index in [0.29, 0.717) is 25.6 Å². The van der Waals surface area contributed by atoms with Crippen molar-refractivity contribution in [3.05, 3.63) is 37.0 Å². The highest BCUT2D eigenvalue weighted by molar-refractivity contribution is 5.00. The van der Waals surface area contributed by atoms with E-state index in [0.717, 1.165) is 6.42 Å². The summed E-state index contributed by atoms with van der Waals surface area (Å²) >= 11 is 0. The first kappa shape index (κ1) is 12.2. The Hall–Kier alpha value is -1.26. The van der Waals surface area contributed by atoms with Crippen LogP contribution in [-0.2, 0) is 14.2 Å². The highest BCUT2D eigenvalue weighted by Crippen LogP contribution is 2.34. The minimum absolute atomic E-state index is 0.0860. The third-order valence-corrected chi connectivity index (χ3v) is 3.11. The van der Waals surface area contributed by atoms with Gasteiger partial charge >= 0.3 is 0 Å². The fraction of sp³-hybridized carbons (Fsp3) is 0.538. The van der Waals surface area contributed by atoms with Gasteiger partial charge in [0.05, 0.1) is 37.8 Å². The van der Waals surface area contributed by atoms with Gasteiger partial charge in [-0.1, -0.05) is 13.5 Å². The minimum Gasteiger partial charge on any atom is -0.501 e. The lowest BCUT2D eigenvalue weighted by atomic mass is 9.87. The fourth-order valence-electron chi connectivity index (χ4n) is 1.81. The second-order valence-electron chi connectivity index (χ2n) is 4.30. The van der Waals surface area contributed by atoms with Crippen LogP contribution in [0.3, 0.4) is 0 Å². The molecule has 2 rings (SSSR count). The van der Waals surface area contributed by atoms with Crippen molar-refractivity contribution in [3.8, 4) is 0 Å². The van der Waals surface area contributed by atoms with E-state index in [2.05, 4.69) is 13.5 Å². The molecule has 94 valence electrons. The second kappa shape index (κ2) is 5.38. The van der Waals surface area contributed by atoms with Gasteiger partial charge in [0.1, 0.15) is 0 Å². The maximum absolute atomic E-state index is 5.70. The van der Waals surface area contributed by atoms with Crippen molar-refractivity contribution >= 4 is 0 Å². The molecule has 1 saturated heterocycles. The van der Waals surface area contributed by atoms with Crippen LogP contribution in [0.2, 0.25) is 0 Å². The SMILES string of the molecule is C=COCC1(CC)COC(c2ccco2)OC1. The van der Waals surface area contributed by atoms with Crippen molar-refractivity contribution in [2.24, 2.45) is 5.41 Å². The lowest BCUT2D eigenvalue weighted by Crippen LogP contribution is -2.41. The first-order chi connectivity index (χ1) is 8.29. The van der Waals surface area contributed by atoms with Crippen molar-refractivity contribution in [1.82, 2.24) is 0 Å². The minimum atomic E-state index is -0.395. The molecule has 0 saturated carbocycles. The maximum Gasteiger partial charge on any atom is 0.217 e. The summed E-state index contributed by atoms with van der Waals surface area (Å²) in [6.45, 7) is 7.42. The summed E-state index contributed by atoms with van der Waals surface area (Å²) in [5, 5.41) is 0. The predicted molar refractivity (Wildman–Crippen MR) is 62.2 cm³/mol. The molecule has 1 fully saturated rings. The summed E-state index contributed by atoms with van der Waals surface area (Å²) in [5.74, 6) is 0.708. The van der Waals surface area contributed by atoms with Crippen molar-refractivity contribution in [2.45, 2.75) is 19.6 Å². The molecule has 1 aliphatic rings. The maximum atomic E-state index is 5.70. The quantitative estimate of drug-likeness (QED) is 0.739. The molecule has 17 heavy (non-hydrogen) atoms. The summed E-state index contributed by atoms with van der Waals surface area (Å²) in [6, 6.07) is 3.68. The zero-order chi connectivity index (χ0) is 12.1. The average Bonchev–Trinajstić information content (AvgIpc) is 2.91. The van der Waals surface area contributed by atoms with Crippen LogP contribution in [0, 0.1) is 5.41 Å². The van der Waals surface area contributed by atoms with Crippen molar-refractivity contribution in [3.63, 3.8) is 0 Å². The summed E-state index contributed by atoms with van der Waals surface area (Å²) in [4.78, 5) is 0. The van der Waals surface area contributed by atoms with Crippen molar-refractivity contribution < 1.29 is 18.6 Å². The van der Waals surface area contributed by atoms with Crippen molar-refractivity contribution in [2.75, 3.05) is 19.8 Å². The molecule has 0 amide bonds. The van der Waals surface area contributed by atoms with Crippen LogP contribution in [-0.4, -0.2) is 19.8 Å². The van der Waals surface area contributed by atoms with Gasteiger partial charge in [-0.25, -0.2) is 0 Å². The highest BCUT2D eigenvalue weighted by atomic mass is 16.7. The molecule has 1 aromatic rings. The Labute approximate surface area is 101 Å². The standard InChI is InChI=1S/C13H18O4/c1-3-13(8-14-4-2)9-16-12(17-10-13)11-6-5-7-15-11/h4-7,12H,2-3,8-10H2,1H3. The van der Waals surface area contributed by atoms with Gasteiger partial charge in [-0.15, -0.1) is 0 Å². The summed E-state index contributed by atoms with van der Waals surface area (Å²) in [7, 11) is 0. The van der Waals surface area contributed by atoms with Crippen LogP contribution in [0.1, 0.15) is 25.4 Å². The van der Waals surface area contributed by atoms with Crippen molar-refractivity contribution in [1.29, 1.82) is 0 Å². The van der Waals surface area contributed by atoms with Crippen LogP contribution < -0.4 is 0 Å². The lowest BCUT2D eigenvalue weighted by molar-refractivity contribution is -0.248. The Morgan fingerprint density at radius 2 is 2.29 bits per heavy atom. The zero-order valence-electron chi connectivity index (χ0n) is 10.1. The number of hydrogen-bond donors (Lipinski definition) is 0. The Kier molecular flexibility index (Phi) is 3.86. The molecular formula is C13H18O4. The molecule has 1 aromatic heterocycles. The van der Waals surface area contributed by atoms with Gasteiger partial charge in [0.2, 0.25) is 6.29 Å². The van der Waals surface area contributed by atoms with E-state index >= 15 is 0 Å². The normalized spacial score (nSPS) is 28.9. The van der Waals surface area contributed by atoms with Gasteiger partial charge in [0.15, 0.2) is 5.76 Å². The molecular weight excluding hydrogens is 220 g/mol. The molecule has 1 aliphatic heterocycles. The topological polar surface area (TPSA) is 40.8 Å². The van der Waals surface area contributed by atoms with Crippen LogP contribution in [0.15, 0.2) is 35.7 Å². The molecule has 0 radical (unpaired) electrons. The molecule has 0 aliphatic carbocycles. The Bertz CT molecular complexity index is 336. The lowest BCUT2D eigenvalue weighted by Gasteiger charge is -2.38. The molecule has 0 N–H and O–H groups in total. The number of ether oxygens (including phenoxy) is 3. The molecule has 4 heteroatoms. The van der Waals surface area contributed by atoms with Gasteiger partial charge in [0.25, 0.3) is 0 Å². The van der Waals surface area contributed by atoms with E-state index in [9.17, 15) is 0 Å². The van der Waals surface area contributed by atoms with Gasteiger partial charge in [-0.3, -0.25) is 0 Å². The first-order valence-electron chi connectivity index (χ1n) is 5.79. The third kappa shape index (κ3) is 2.70. The molecule has 0 bridgehead atoms. The molecule has 0 spiro atoms. The van der Waals surface area contributed by atoms with Gasteiger partial charge in [-0.05, 0) is 18.6 Å². The predicted octanol–water partition coefficient (Wildman–Crippen LogP) is 2.88. The summed E-state index contributed by atoms with van der Waals surface area (Å²) in [6.07, 6.45) is 3.61. The Morgan fingerprint density at radius 1 is 1.53 bits per heavy atom. The molecule has 4 nitrogen and oxygen atoms in total. The van der Waals surface area contributed by atoms with Crippen LogP contribution in [0.25, 0.3) is 0 Å².